The average molecular weight is 505 g/mol. The van der Waals surface area contributed by atoms with Gasteiger partial charge in [-0.25, -0.2) is 0 Å². The fraction of sp³-hybridized carbons (Fsp3) is 0.333. The number of benzene rings is 2. The number of likely N-dealkylation sites (tertiary alicyclic amines) is 1. The van der Waals surface area contributed by atoms with E-state index in [1.807, 2.05) is 6.08 Å². The van der Waals surface area contributed by atoms with Crippen molar-refractivity contribution in [2.75, 3.05) is 6.54 Å². The Balaban J connectivity index is 2.04. The van der Waals surface area contributed by atoms with Crippen LogP contribution in [0.5, 0.6) is 0 Å². The maximum Gasteiger partial charge on any atom is 0.120 e. The van der Waals surface area contributed by atoms with E-state index < -0.39 is 5.66 Å². The molecule has 0 aromatic heterocycles. The lowest BCUT2D eigenvalue weighted by Crippen LogP contribution is -2.70. The topological polar surface area (TPSA) is 6.48 Å². The van der Waals surface area contributed by atoms with Crippen LogP contribution in [0.2, 0.25) is 0 Å². The molecule has 198 valence electrons. The summed E-state index contributed by atoms with van der Waals surface area (Å²) >= 11 is 0. The molecule has 2 heterocycles. The maximum atomic E-state index is 4.60. The Bertz CT molecular complexity index is 1380. The smallest absolute Gasteiger partial charge is 0.120 e. The number of aryl methyl sites for hydroxylation is 2. The first-order valence-corrected chi connectivity index (χ1v) is 13.8. The van der Waals surface area contributed by atoms with Gasteiger partial charge in [0.05, 0.1) is 6.04 Å². The van der Waals surface area contributed by atoms with Gasteiger partial charge in [0.2, 0.25) is 0 Å². The van der Waals surface area contributed by atoms with Gasteiger partial charge in [-0.05, 0) is 81.0 Å². The number of hydrogen-bond donors (Lipinski definition) is 0. The first-order chi connectivity index (χ1) is 18.0. The Morgan fingerprint density at radius 2 is 1.53 bits per heavy atom. The highest BCUT2D eigenvalue weighted by Crippen LogP contribution is 2.56. The van der Waals surface area contributed by atoms with Crippen LogP contribution in [0.1, 0.15) is 63.8 Å². The fourth-order valence-electron chi connectivity index (χ4n) is 6.57. The molecule has 0 radical (unpaired) electrons. The molecule has 4 rings (SSSR count). The van der Waals surface area contributed by atoms with Crippen LogP contribution in [0, 0.1) is 19.3 Å². The van der Waals surface area contributed by atoms with Gasteiger partial charge in [-0.15, -0.1) is 0 Å². The molecule has 0 saturated carbocycles. The van der Waals surface area contributed by atoms with E-state index in [1.165, 1.54) is 44.8 Å². The molecule has 1 fully saturated rings. The Kier molecular flexibility index (Phi) is 7.48. The van der Waals surface area contributed by atoms with Crippen LogP contribution >= 0.6 is 0 Å². The van der Waals surface area contributed by atoms with E-state index in [9.17, 15) is 0 Å². The van der Waals surface area contributed by atoms with Crippen LogP contribution < -0.4 is 0 Å². The molecule has 2 nitrogen and oxygen atoms in total. The van der Waals surface area contributed by atoms with Gasteiger partial charge in [0.1, 0.15) is 5.66 Å². The van der Waals surface area contributed by atoms with E-state index in [1.54, 1.807) is 0 Å². The van der Waals surface area contributed by atoms with E-state index in [0.717, 1.165) is 12.1 Å². The summed E-state index contributed by atoms with van der Waals surface area (Å²) in [6.45, 7) is 27.7. The summed E-state index contributed by atoms with van der Waals surface area (Å²) in [5.41, 5.74) is 10.7. The minimum atomic E-state index is -0.407. The van der Waals surface area contributed by atoms with E-state index in [-0.39, 0.29) is 11.5 Å². The standard InChI is InChI=1S/C36H44N2/c1-11-17-33-28(6)29(7)38(27(5)12-2)36(10,35(33,8)9)37-24-30(31-20-15-13-18-25(31)3)22-23-34(37)32-21-16-14-19-26(32)4/h11-23,29H,1,6,24H2,2-5,7-10H3/b27-12-,33-17+. The van der Waals surface area contributed by atoms with Gasteiger partial charge in [-0.2, -0.15) is 0 Å². The summed E-state index contributed by atoms with van der Waals surface area (Å²) in [5, 5.41) is 0. The zero-order valence-electron chi connectivity index (χ0n) is 24.6. The van der Waals surface area contributed by atoms with Crippen molar-refractivity contribution in [3.05, 3.63) is 131 Å². The predicted octanol–water partition coefficient (Wildman–Crippen LogP) is 9.08. The summed E-state index contributed by atoms with van der Waals surface area (Å²) in [6, 6.07) is 17.6. The highest BCUT2D eigenvalue weighted by molar-refractivity contribution is 5.80. The largest absolute Gasteiger partial charge is 0.345 e. The average Bonchev–Trinajstić information content (AvgIpc) is 2.90. The second-order valence-electron chi connectivity index (χ2n) is 11.4. The predicted molar refractivity (Wildman–Crippen MR) is 165 cm³/mol. The Morgan fingerprint density at radius 1 is 0.947 bits per heavy atom. The summed E-state index contributed by atoms with van der Waals surface area (Å²) in [6.07, 6.45) is 11.0. The summed E-state index contributed by atoms with van der Waals surface area (Å²) in [5.74, 6) is 0. The fourth-order valence-corrected chi connectivity index (χ4v) is 6.57. The van der Waals surface area contributed by atoms with Crippen molar-refractivity contribution in [1.82, 2.24) is 9.80 Å². The van der Waals surface area contributed by atoms with Crippen LogP contribution in [0.25, 0.3) is 11.3 Å². The molecule has 2 unspecified atom stereocenters. The molecular weight excluding hydrogens is 460 g/mol. The number of nitrogens with zero attached hydrogens (tertiary/aromatic N) is 2. The second-order valence-corrected chi connectivity index (χ2v) is 11.4. The van der Waals surface area contributed by atoms with Crippen molar-refractivity contribution < 1.29 is 0 Å². The van der Waals surface area contributed by atoms with Gasteiger partial charge in [0, 0.05) is 28.9 Å². The lowest BCUT2D eigenvalue weighted by Gasteiger charge is -2.65. The first-order valence-electron chi connectivity index (χ1n) is 13.8. The number of allylic oxidation sites excluding steroid dienone is 6. The molecule has 2 aliphatic rings. The van der Waals surface area contributed by atoms with Gasteiger partial charge in [0.25, 0.3) is 0 Å². The van der Waals surface area contributed by atoms with E-state index in [0.29, 0.717) is 0 Å². The van der Waals surface area contributed by atoms with Crippen molar-refractivity contribution >= 4 is 11.3 Å². The number of hydrogen-bond acceptors (Lipinski definition) is 2. The molecule has 38 heavy (non-hydrogen) atoms. The van der Waals surface area contributed by atoms with Crippen LogP contribution in [0.15, 0.2) is 109 Å². The van der Waals surface area contributed by atoms with Crippen LogP contribution in [-0.4, -0.2) is 28.0 Å². The van der Waals surface area contributed by atoms with Gasteiger partial charge in [-0.3, -0.25) is 0 Å². The van der Waals surface area contributed by atoms with Gasteiger partial charge < -0.3 is 9.80 Å². The molecule has 0 bridgehead atoms. The van der Waals surface area contributed by atoms with Crippen LogP contribution in [0.3, 0.4) is 0 Å². The number of rotatable bonds is 5. The molecular formula is C36H44N2. The molecule has 0 aliphatic carbocycles. The normalized spacial score (nSPS) is 24.8. The highest BCUT2D eigenvalue weighted by atomic mass is 15.4. The lowest BCUT2D eigenvalue weighted by atomic mass is 9.63. The van der Waals surface area contributed by atoms with Crippen molar-refractivity contribution in [3.8, 4) is 0 Å². The zero-order chi connectivity index (χ0) is 27.8. The van der Waals surface area contributed by atoms with Crippen molar-refractivity contribution in [3.63, 3.8) is 0 Å². The van der Waals surface area contributed by atoms with Crippen molar-refractivity contribution in [2.45, 2.75) is 67.1 Å². The molecule has 0 N–H and O–H groups in total. The van der Waals surface area contributed by atoms with Gasteiger partial charge in [-0.1, -0.05) is 99.8 Å². The number of piperidine rings is 1. The highest BCUT2D eigenvalue weighted by Gasteiger charge is 2.58. The quantitative estimate of drug-likeness (QED) is 0.401. The zero-order valence-corrected chi connectivity index (χ0v) is 24.6. The Hall–Kier alpha value is -3.52. The molecule has 2 heteroatoms. The molecule has 0 spiro atoms. The molecule has 0 amide bonds. The molecule has 2 aromatic rings. The lowest BCUT2D eigenvalue weighted by molar-refractivity contribution is -0.0834. The third-order valence-corrected chi connectivity index (χ3v) is 9.15. The third-order valence-electron chi connectivity index (χ3n) is 9.15. The van der Waals surface area contributed by atoms with Crippen molar-refractivity contribution in [2.24, 2.45) is 5.41 Å². The van der Waals surface area contributed by atoms with Crippen LogP contribution in [-0.2, 0) is 0 Å². The van der Waals surface area contributed by atoms with E-state index in [4.69, 9.17) is 0 Å². The monoisotopic (exact) mass is 504 g/mol. The van der Waals surface area contributed by atoms with E-state index in [2.05, 4.69) is 151 Å². The minimum absolute atomic E-state index is 0.126. The van der Waals surface area contributed by atoms with Gasteiger partial charge >= 0.3 is 0 Å². The minimum Gasteiger partial charge on any atom is -0.345 e. The van der Waals surface area contributed by atoms with Gasteiger partial charge in [0.15, 0.2) is 0 Å². The Labute approximate surface area is 231 Å². The SMILES string of the molecule is C=C/C=C1\C(=C)C(C)N(/C(C)=C\C)C(C)(N2CC(c3ccccc3C)=CC=C2c2ccccc2C)C1(C)C. The van der Waals surface area contributed by atoms with Crippen molar-refractivity contribution in [1.29, 1.82) is 0 Å². The van der Waals surface area contributed by atoms with E-state index >= 15 is 0 Å². The Morgan fingerprint density at radius 3 is 2.08 bits per heavy atom. The summed E-state index contributed by atoms with van der Waals surface area (Å²) in [4.78, 5) is 5.26. The van der Waals surface area contributed by atoms with Crippen LogP contribution in [0.4, 0.5) is 0 Å². The third kappa shape index (κ3) is 4.21. The second kappa shape index (κ2) is 10.3. The molecule has 2 atom stereocenters. The first kappa shape index (κ1) is 27.5. The molecule has 2 aliphatic heterocycles. The maximum absolute atomic E-state index is 4.60. The molecule has 2 aromatic carbocycles. The molecule has 1 saturated heterocycles. The summed E-state index contributed by atoms with van der Waals surface area (Å²) in [7, 11) is 0. The summed E-state index contributed by atoms with van der Waals surface area (Å²) < 4.78 is 0.